The molecule has 5 rings (SSSR count). The second-order valence-corrected chi connectivity index (χ2v) is 12.0. The first-order chi connectivity index (χ1) is 23.2. The third-order valence-corrected chi connectivity index (χ3v) is 8.20. The van der Waals surface area contributed by atoms with Crippen LogP contribution in [-0.2, 0) is 6.54 Å². The summed E-state index contributed by atoms with van der Waals surface area (Å²) < 4.78 is 37.6. The van der Waals surface area contributed by atoms with Crippen LogP contribution in [0.3, 0.4) is 0 Å². The molecule has 0 unspecified atom stereocenters. The third kappa shape index (κ3) is 9.13. The Labute approximate surface area is 281 Å². The molecule has 1 aliphatic rings. The average molecular weight is 658 g/mol. The summed E-state index contributed by atoms with van der Waals surface area (Å²) in [4.78, 5) is 26.6. The van der Waals surface area contributed by atoms with E-state index >= 15 is 4.39 Å². The van der Waals surface area contributed by atoms with Crippen molar-refractivity contribution in [3.63, 3.8) is 0 Å². The zero-order valence-corrected chi connectivity index (χ0v) is 28.3. The molecule has 0 spiro atoms. The maximum Gasteiger partial charge on any atom is 0.421 e. The third-order valence-electron chi connectivity index (χ3n) is 8.20. The van der Waals surface area contributed by atoms with Gasteiger partial charge in [0.1, 0.15) is 23.1 Å². The molecule has 1 aliphatic heterocycles. The Kier molecular flexibility index (Phi) is 11.7. The Morgan fingerprint density at radius 3 is 2.31 bits per heavy atom. The van der Waals surface area contributed by atoms with Gasteiger partial charge in [-0.25, -0.2) is 14.2 Å². The lowest BCUT2D eigenvalue weighted by atomic mass is 10.1. The molecule has 48 heavy (non-hydrogen) atoms. The molecule has 0 radical (unpaired) electrons. The van der Waals surface area contributed by atoms with Gasteiger partial charge in [-0.2, -0.15) is 4.98 Å². The molecule has 3 aromatic carbocycles. The number of nitrogens with zero attached hydrogens (tertiary/aromatic N) is 4. The van der Waals surface area contributed by atoms with Crippen LogP contribution in [0.1, 0.15) is 47.9 Å². The number of aryl methyl sites for hydroxylation is 3. The van der Waals surface area contributed by atoms with Crippen molar-refractivity contribution in [2.45, 2.75) is 53.0 Å². The van der Waals surface area contributed by atoms with Crippen LogP contribution < -0.4 is 29.2 Å². The highest BCUT2D eigenvalue weighted by Gasteiger charge is 2.23. The van der Waals surface area contributed by atoms with E-state index in [-0.39, 0.29) is 24.1 Å². The summed E-state index contributed by atoms with van der Waals surface area (Å²) in [6.07, 6.45) is 5.50. The highest BCUT2D eigenvalue weighted by atomic mass is 19.1. The highest BCUT2D eigenvalue weighted by molar-refractivity contribution is 5.88. The van der Waals surface area contributed by atoms with Crippen molar-refractivity contribution in [1.82, 2.24) is 14.9 Å². The summed E-state index contributed by atoms with van der Waals surface area (Å²) in [6.45, 7) is 9.53. The topological polar surface area (TPSA) is 98.3 Å². The summed E-state index contributed by atoms with van der Waals surface area (Å²) in [5, 5.41) is 3.05. The Morgan fingerprint density at radius 1 is 0.938 bits per heavy atom. The zero-order chi connectivity index (χ0) is 34.0. The summed E-state index contributed by atoms with van der Waals surface area (Å²) >= 11 is 0. The van der Waals surface area contributed by atoms with E-state index < -0.39 is 11.9 Å². The fourth-order valence-corrected chi connectivity index (χ4v) is 5.89. The van der Waals surface area contributed by atoms with Crippen molar-refractivity contribution in [2.75, 3.05) is 50.7 Å². The number of methoxy groups -OCH3 is 2. The normalized spacial score (nSPS) is 13.1. The van der Waals surface area contributed by atoms with Gasteiger partial charge in [0.05, 0.1) is 27.4 Å². The van der Waals surface area contributed by atoms with E-state index in [9.17, 15) is 4.79 Å². The van der Waals surface area contributed by atoms with Gasteiger partial charge in [0.25, 0.3) is 0 Å². The summed E-state index contributed by atoms with van der Waals surface area (Å²) in [5.74, 6) is 1.78. The maximum atomic E-state index is 15.0. The summed E-state index contributed by atoms with van der Waals surface area (Å²) in [7, 11) is 3.13. The van der Waals surface area contributed by atoms with E-state index in [1.165, 1.54) is 36.4 Å². The first-order valence-corrected chi connectivity index (χ1v) is 16.3. The van der Waals surface area contributed by atoms with Gasteiger partial charge in [-0.15, -0.1) is 0 Å². The SMILES string of the molecule is COc1cc(CN(C(=O)Oc2c(C)cc(C)cc2C)c2ccnc(Nc3ccc(OCCCN4CCCCC4)c(F)c3)n2)cc(OC)c1. The highest BCUT2D eigenvalue weighted by Crippen LogP contribution is 2.29. The minimum absolute atomic E-state index is 0.0885. The van der Waals surface area contributed by atoms with Crippen LogP contribution in [0.25, 0.3) is 0 Å². The summed E-state index contributed by atoms with van der Waals surface area (Å²) in [6, 6.07) is 15.5. The van der Waals surface area contributed by atoms with Crippen molar-refractivity contribution in [3.8, 4) is 23.0 Å². The van der Waals surface area contributed by atoms with Gasteiger partial charge in [-0.1, -0.05) is 24.1 Å². The number of amides is 1. The predicted molar refractivity (Wildman–Crippen MR) is 185 cm³/mol. The monoisotopic (exact) mass is 657 g/mol. The van der Waals surface area contributed by atoms with Crippen LogP contribution in [0.4, 0.5) is 26.6 Å². The molecule has 1 amide bonds. The number of likely N-dealkylation sites (tertiary alicyclic amines) is 1. The van der Waals surface area contributed by atoms with Crippen molar-refractivity contribution < 1.29 is 28.1 Å². The minimum atomic E-state index is -0.635. The van der Waals surface area contributed by atoms with E-state index in [1.807, 2.05) is 45.0 Å². The molecule has 0 aliphatic carbocycles. The lowest BCUT2D eigenvalue weighted by molar-refractivity contribution is 0.203. The quantitative estimate of drug-likeness (QED) is 0.145. The van der Waals surface area contributed by atoms with Crippen LogP contribution in [0.15, 0.2) is 60.8 Å². The second kappa shape index (κ2) is 16.3. The summed E-state index contributed by atoms with van der Waals surface area (Å²) in [5.41, 5.74) is 3.90. The van der Waals surface area contributed by atoms with Gasteiger partial charge in [0.15, 0.2) is 11.6 Å². The van der Waals surface area contributed by atoms with Gasteiger partial charge >= 0.3 is 6.09 Å². The molecule has 0 bridgehead atoms. The number of carbonyl (C=O) groups excluding carboxylic acids is 1. The standard InChI is InChI=1S/C37H44FN5O5/c1-25-18-26(2)35(27(3)19-25)48-37(44)43(24-28-20-30(45-4)23-31(21-28)46-5)34-12-13-39-36(41-34)40-29-10-11-33(32(38)22-29)47-17-9-16-42-14-7-6-8-15-42/h10-13,18-23H,6-9,14-17,24H2,1-5H3,(H,39,40,41). The number of ether oxygens (including phenoxy) is 4. The predicted octanol–water partition coefficient (Wildman–Crippen LogP) is 7.76. The molecular weight excluding hydrogens is 613 g/mol. The molecule has 2 heterocycles. The Bertz CT molecular complexity index is 1670. The second-order valence-electron chi connectivity index (χ2n) is 12.0. The molecule has 1 N–H and O–H groups in total. The van der Waals surface area contributed by atoms with Crippen molar-refractivity contribution >= 4 is 23.5 Å². The average Bonchev–Trinajstić information content (AvgIpc) is 3.08. The van der Waals surface area contributed by atoms with Crippen molar-refractivity contribution in [1.29, 1.82) is 0 Å². The Balaban J connectivity index is 1.33. The van der Waals surface area contributed by atoms with Crippen LogP contribution in [0, 0.1) is 26.6 Å². The Hall–Kier alpha value is -4.90. The molecule has 1 fully saturated rings. The van der Waals surface area contributed by atoms with Crippen LogP contribution in [-0.4, -0.2) is 61.4 Å². The van der Waals surface area contributed by atoms with E-state index in [4.69, 9.17) is 18.9 Å². The first-order valence-electron chi connectivity index (χ1n) is 16.3. The molecule has 10 nitrogen and oxygen atoms in total. The Morgan fingerprint density at radius 2 is 1.65 bits per heavy atom. The van der Waals surface area contributed by atoms with Gasteiger partial charge in [0, 0.05) is 30.6 Å². The van der Waals surface area contributed by atoms with Crippen molar-refractivity contribution in [3.05, 3.63) is 88.9 Å². The molecule has 4 aromatic rings. The molecule has 0 saturated carbocycles. The number of carbonyl (C=O) groups is 1. The molecule has 0 atom stereocenters. The number of aromatic nitrogens is 2. The van der Waals surface area contributed by atoms with E-state index in [1.54, 1.807) is 38.5 Å². The van der Waals surface area contributed by atoms with Gasteiger partial charge in [-0.05, 0) is 100 Å². The van der Waals surface area contributed by atoms with Crippen LogP contribution in [0.5, 0.6) is 23.0 Å². The van der Waals surface area contributed by atoms with Crippen LogP contribution >= 0.6 is 0 Å². The number of halogens is 1. The molecule has 254 valence electrons. The number of hydrogen-bond donors (Lipinski definition) is 1. The minimum Gasteiger partial charge on any atom is -0.497 e. The van der Waals surface area contributed by atoms with Gasteiger partial charge in [-0.3, -0.25) is 4.90 Å². The smallest absolute Gasteiger partial charge is 0.421 e. The number of hydrogen-bond acceptors (Lipinski definition) is 9. The number of benzene rings is 3. The number of nitrogens with one attached hydrogen (secondary N) is 1. The lowest BCUT2D eigenvalue weighted by Gasteiger charge is -2.26. The van der Waals surface area contributed by atoms with E-state index in [0.717, 1.165) is 48.3 Å². The van der Waals surface area contributed by atoms with Crippen LogP contribution in [0.2, 0.25) is 0 Å². The van der Waals surface area contributed by atoms with E-state index in [0.29, 0.717) is 29.5 Å². The molecular formula is C37H44FN5O5. The zero-order valence-electron chi connectivity index (χ0n) is 28.3. The maximum absolute atomic E-state index is 15.0. The number of anilines is 3. The van der Waals surface area contributed by atoms with Gasteiger partial charge in [0.2, 0.25) is 5.95 Å². The molecule has 1 saturated heterocycles. The fourth-order valence-electron chi connectivity index (χ4n) is 5.89. The molecule has 1 aromatic heterocycles. The largest absolute Gasteiger partial charge is 0.497 e. The van der Waals surface area contributed by atoms with Gasteiger partial charge < -0.3 is 29.2 Å². The molecule has 11 heteroatoms. The number of rotatable bonds is 13. The van der Waals surface area contributed by atoms with E-state index in [2.05, 4.69) is 20.2 Å². The lowest BCUT2D eigenvalue weighted by Crippen LogP contribution is -2.34. The first kappa shape index (κ1) is 34.4. The van der Waals surface area contributed by atoms with Crippen molar-refractivity contribution in [2.24, 2.45) is 0 Å². The fraction of sp³-hybridized carbons (Fsp3) is 0.378. The number of piperidine rings is 1.